The molecule has 1 heterocycles. The van der Waals surface area contributed by atoms with Crippen molar-refractivity contribution in [2.75, 3.05) is 11.9 Å². The lowest BCUT2D eigenvalue weighted by Gasteiger charge is -2.08. The first-order valence-corrected chi connectivity index (χ1v) is 11.8. The number of hydrogen-bond acceptors (Lipinski definition) is 6. The van der Waals surface area contributed by atoms with Crippen LogP contribution in [0.15, 0.2) is 78.9 Å². The second kappa shape index (κ2) is 11.8. The van der Waals surface area contributed by atoms with Gasteiger partial charge in [0.05, 0.1) is 0 Å². The Hall–Kier alpha value is -4.11. The van der Waals surface area contributed by atoms with Crippen molar-refractivity contribution in [3.63, 3.8) is 0 Å². The number of nitrogens with zero attached hydrogens (tertiary/aromatic N) is 2. The summed E-state index contributed by atoms with van der Waals surface area (Å²) in [6, 6.07) is 22.4. The molecule has 0 aliphatic rings. The maximum atomic E-state index is 13.0. The second-order valence-corrected chi connectivity index (χ2v) is 8.69. The zero-order chi connectivity index (χ0) is 24.5. The summed E-state index contributed by atoms with van der Waals surface area (Å²) in [6.45, 7) is 0.661. The summed E-state index contributed by atoms with van der Waals surface area (Å²) in [5.41, 5.74) is 2.16. The average Bonchev–Trinajstić information content (AvgIpc) is 3.36. The van der Waals surface area contributed by atoms with E-state index in [4.69, 9.17) is 4.74 Å². The molecule has 0 aliphatic heterocycles. The van der Waals surface area contributed by atoms with Gasteiger partial charge < -0.3 is 15.4 Å². The Kier molecular flexibility index (Phi) is 8.13. The van der Waals surface area contributed by atoms with Crippen molar-refractivity contribution in [2.45, 2.75) is 19.4 Å². The van der Waals surface area contributed by atoms with Crippen LogP contribution < -0.4 is 15.4 Å². The molecule has 0 atom stereocenters. The summed E-state index contributed by atoms with van der Waals surface area (Å²) in [7, 11) is 0. The maximum absolute atomic E-state index is 13.0. The Morgan fingerprint density at radius 1 is 0.914 bits per heavy atom. The summed E-state index contributed by atoms with van der Waals surface area (Å²) < 4.78 is 18.5. The number of hydrogen-bond donors (Lipinski definition) is 2. The number of carbonyl (C=O) groups is 2. The summed E-state index contributed by atoms with van der Waals surface area (Å²) >= 11 is 1.09. The molecule has 4 rings (SSSR count). The van der Waals surface area contributed by atoms with Crippen LogP contribution in [0.25, 0.3) is 0 Å². The Morgan fingerprint density at radius 2 is 1.71 bits per heavy atom. The van der Waals surface area contributed by atoms with Crippen LogP contribution >= 0.6 is 11.3 Å². The molecule has 4 aromatic rings. The fraction of sp³-hybridized carbons (Fsp3) is 0.154. The minimum atomic E-state index is -0.434. The quantitative estimate of drug-likeness (QED) is 0.309. The monoisotopic (exact) mass is 490 g/mol. The van der Waals surface area contributed by atoms with Crippen LogP contribution in [0.4, 0.5) is 10.1 Å². The van der Waals surface area contributed by atoms with Crippen molar-refractivity contribution in [2.24, 2.45) is 0 Å². The molecule has 0 fully saturated rings. The van der Waals surface area contributed by atoms with E-state index in [9.17, 15) is 14.0 Å². The third-order valence-corrected chi connectivity index (χ3v) is 5.89. The number of benzene rings is 3. The molecule has 0 saturated heterocycles. The number of halogens is 1. The van der Waals surface area contributed by atoms with Crippen molar-refractivity contribution < 1.29 is 18.7 Å². The summed E-state index contributed by atoms with van der Waals surface area (Å²) in [5.74, 6) is -0.499. The van der Waals surface area contributed by atoms with Gasteiger partial charge in [0.15, 0.2) is 5.01 Å². The predicted octanol–water partition coefficient (Wildman–Crippen LogP) is 4.87. The van der Waals surface area contributed by atoms with Crippen molar-refractivity contribution >= 4 is 28.8 Å². The molecule has 2 N–H and O–H groups in total. The highest BCUT2D eigenvalue weighted by atomic mass is 32.1. The van der Waals surface area contributed by atoms with Gasteiger partial charge in [0.2, 0.25) is 5.01 Å². The molecule has 0 spiro atoms. The van der Waals surface area contributed by atoms with Crippen LogP contribution in [0.5, 0.6) is 5.75 Å². The zero-order valence-corrected chi connectivity index (χ0v) is 19.6. The van der Waals surface area contributed by atoms with Crippen LogP contribution in [-0.2, 0) is 13.0 Å². The van der Waals surface area contributed by atoms with Crippen LogP contribution in [0.3, 0.4) is 0 Å². The second-order valence-electron chi connectivity index (χ2n) is 7.62. The van der Waals surface area contributed by atoms with Gasteiger partial charge in [0, 0.05) is 17.8 Å². The van der Waals surface area contributed by atoms with Gasteiger partial charge in [0.1, 0.15) is 18.2 Å². The minimum Gasteiger partial charge on any atom is -0.486 e. The first-order chi connectivity index (χ1) is 17.1. The molecule has 7 nitrogen and oxygen atoms in total. The van der Waals surface area contributed by atoms with Gasteiger partial charge in [-0.15, -0.1) is 10.2 Å². The number of carbonyl (C=O) groups excluding carboxylic acids is 2. The maximum Gasteiger partial charge on any atom is 0.286 e. The number of amides is 2. The summed E-state index contributed by atoms with van der Waals surface area (Å²) in [6.07, 6.45) is 1.71. The van der Waals surface area contributed by atoms with Crippen LogP contribution in [0.2, 0.25) is 0 Å². The first kappa shape index (κ1) is 24.0. The largest absolute Gasteiger partial charge is 0.486 e. The Labute approximate surface area is 206 Å². The molecule has 0 saturated carbocycles. The van der Waals surface area contributed by atoms with Crippen LogP contribution in [-0.4, -0.2) is 28.6 Å². The predicted molar refractivity (Wildman–Crippen MR) is 132 cm³/mol. The lowest BCUT2D eigenvalue weighted by molar-refractivity contribution is 0.0951. The van der Waals surface area contributed by atoms with Gasteiger partial charge in [-0.1, -0.05) is 47.7 Å². The van der Waals surface area contributed by atoms with E-state index in [1.54, 1.807) is 24.3 Å². The third kappa shape index (κ3) is 7.18. The van der Waals surface area contributed by atoms with Gasteiger partial charge in [0.25, 0.3) is 11.8 Å². The van der Waals surface area contributed by atoms with Gasteiger partial charge in [-0.25, -0.2) is 4.39 Å². The summed E-state index contributed by atoms with van der Waals surface area (Å²) in [5, 5.41) is 14.2. The van der Waals surface area contributed by atoms with E-state index in [-0.39, 0.29) is 23.3 Å². The number of nitrogens with one attached hydrogen (secondary N) is 2. The van der Waals surface area contributed by atoms with E-state index < -0.39 is 5.91 Å². The van der Waals surface area contributed by atoms with E-state index in [2.05, 4.69) is 33.0 Å². The standard InChI is InChI=1S/C26H23FN4O3S/c27-20-11-13-22(14-12-20)34-17-23-30-31-26(35-23)25(33)29-21-10-4-9-19(16-21)24(32)28-15-5-8-18-6-2-1-3-7-18/h1-4,6-7,9-14,16H,5,8,15,17H2,(H,28,32)(H,29,33). The Bertz CT molecular complexity index is 1280. The van der Waals surface area contributed by atoms with E-state index in [1.807, 2.05) is 18.2 Å². The van der Waals surface area contributed by atoms with Crippen molar-refractivity contribution in [1.82, 2.24) is 15.5 Å². The van der Waals surface area contributed by atoms with Gasteiger partial charge in [-0.3, -0.25) is 9.59 Å². The smallest absolute Gasteiger partial charge is 0.286 e. The lowest BCUT2D eigenvalue weighted by Crippen LogP contribution is -2.25. The molecule has 0 unspecified atom stereocenters. The fourth-order valence-electron chi connectivity index (χ4n) is 3.24. The molecule has 1 aromatic heterocycles. The number of ether oxygens (including phenoxy) is 1. The van der Waals surface area contributed by atoms with Gasteiger partial charge in [-0.2, -0.15) is 0 Å². The summed E-state index contributed by atoms with van der Waals surface area (Å²) in [4.78, 5) is 25.1. The van der Waals surface area contributed by atoms with Crippen LogP contribution in [0.1, 0.15) is 37.2 Å². The molecule has 0 bridgehead atoms. The Morgan fingerprint density at radius 3 is 2.51 bits per heavy atom. The van der Waals surface area contributed by atoms with E-state index in [0.29, 0.717) is 28.6 Å². The highest BCUT2D eigenvalue weighted by molar-refractivity contribution is 7.13. The Balaban J connectivity index is 1.26. The van der Waals surface area contributed by atoms with Gasteiger partial charge >= 0.3 is 0 Å². The molecule has 178 valence electrons. The molecule has 0 radical (unpaired) electrons. The van der Waals surface area contributed by atoms with Crippen molar-refractivity contribution in [1.29, 1.82) is 0 Å². The first-order valence-electron chi connectivity index (χ1n) is 11.0. The molecular formula is C26H23FN4O3S. The zero-order valence-electron chi connectivity index (χ0n) is 18.7. The highest BCUT2D eigenvalue weighted by Crippen LogP contribution is 2.18. The highest BCUT2D eigenvalue weighted by Gasteiger charge is 2.14. The normalized spacial score (nSPS) is 10.5. The number of aryl methyl sites for hydroxylation is 1. The van der Waals surface area contributed by atoms with Crippen LogP contribution in [0, 0.1) is 5.82 Å². The molecule has 35 heavy (non-hydrogen) atoms. The van der Waals surface area contributed by atoms with E-state index >= 15 is 0 Å². The van der Waals surface area contributed by atoms with Crippen molar-refractivity contribution in [3.05, 3.63) is 106 Å². The molecule has 9 heteroatoms. The minimum absolute atomic E-state index is 0.108. The molecular weight excluding hydrogens is 467 g/mol. The third-order valence-electron chi connectivity index (χ3n) is 4.99. The average molecular weight is 491 g/mol. The molecule has 0 aliphatic carbocycles. The number of rotatable bonds is 10. The SMILES string of the molecule is O=C(NCCCc1ccccc1)c1cccc(NC(=O)c2nnc(COc3ccc(F)cc3)s2)c1. The van der Waals surface area contributed by atoms with Crippen molar-refractivity contribution in [3.8, 4) is 5.75 Å². The lowest BCUT2D eigenvalue weighted by atomic mass is 10.1. The van der Waals surface area contributed by atoms with E-state index in [1.165, 1.54) is 29.8 Å². The number of anilines is 1. The molecule has 2 amide bonds. The van der Waals surface area contributed by atoms with Gasteiger partial charge in [-0.05, 0) is 60.9 Å². The molecule has 3 aromatic carbocycles. The van der Waals surface area contributed by atoms with E-state index in [0.717, 1.165) is 24.2 Å². The number of aromatic nitrogens is 2. The fourth-order valence-corrected chi connectivity index (χ4v) is 3.89. The topological polar surface area (TPSA) is 93.2 Å².